The van der Waals surface area contributed by atoms with E-state index in [1.807, 2.05) is 0 Å². The number of hydrogen-bond acceptors (Lipinski definition) is 5. The number of halogens is 8. The summed E-state index contributed by atoms with van der Waals surface area (Å²) in [6, 6.07) is 0.200. The average Bonchev–Trinajstić information content (AvgIpc) is 3.61. The maximum Gasteiger partial charge on any atom is 0.390 e. The molecule has 2 atom stereocenters. The summed E-state index contributed by atoms with van der Waals surface area (Å²) in [5.74, 6) is -4.67. The van der Waals surface area contributed by atoms with Crippen molar-refractivity contribution in [2.24, 2.45) is 11.8 Å². The molecule has 2 saturated carbocycles. The first-order chi connectivity index (χ1) is 21.5. The lowest BCUT2D eigenvalue weighted by molar-refractivity contribution is -0.144. The average molecular weight is 664 g/mol. The first-order valence-corrected chi connectivity index (χ1v) is 15.0. The Kier molecular flexibility index (Phi) is 9.33. The molecule has 0 bridgehead atoms. The molecule has 0 aliphatic heterocycles. The van der Waals surface area contributed by atoms with Gasteiger partial charge in [0.2, 0.25) is 11.8 Å². The lowest BCUT2D eigenvalue weighted by atomic mass is 9.81. The van der Waals surface area contributed by atoms with E-state index < -0.39 is 86.7 Å². The number of aryl methyl sites for hydroxylation is 1. The van der Waals surface area contributed by atoms with Crippen molar-refractivity contribution in [2.75, 3.05) is 0 Å². The van der Waals surface area contributed by atoms with Crippen LogP contribution in [0.1, 0.15) is 97.2 Å². The van der Waals surface area contributed by atoms with Crippen molar-refractivity contribution in [3.05, 3.63) is 47.2 Å². The van der Waals surface area contributed by atoms with Gasteiger partial charge in [-0.05, 0) is 56.1 Å². The molecule has 0 aromatic carbocycles. The molecule has 2 aliphatic carbocycles. The number of hydrogen-bond donors (Lipinski definition) is 2. The van der Waals surface area contributed by atoms with Gasteiger partial charge in [0.05, 0.1) is 54.8 Å². The zero-order valence-electron chi connectivity index (χ0n) is 24.8. The second-order valence-corrected chi connectivity index (χ2v) is 12.1. The molecular weight excluding hydrogens is 630 g/mol. The van der Waals surface area contributed by atoms with Crippen LogP contribution < -0.4 is 10.6 Å². The summed E-state index contributed by atoms with van der Waals surface area (Å²) in [6.07, 6.45) is -6.93. The molecule has 46 heavy (non-hydrogen) atoms. The summed E-state index contributed by atoms with van der Waals surface area (Å²) >= 11 is 0. The number of carbonyl (C=O) groups is 2. The first kappa shape index (κ1) is 33.6. The Hall–Kier alpha value is -3.79. The maximum absolute atomic E-state index is 14.0. The van der Waals surface area contributed by atoms with Gasteiger partial charge < -0.3 is 10.6 Å². The van der Waals surface area contributed by atoms with E-state index in [0.717, 1.165) is 23.7 Å². The Morgan fingerprint density at radius 1 is 0.935 bits per heavy atom. The van der Waals surface area contributed by atoms with Gasteiger partial charge in [0.25, 0.3) is 5.91 Å². The summed E-state index contributed by atoms with van der Waals surface area (Å²) in [5, 5.41) is 13.8. The van der Waals surface area contributed by atoms with Crippen molar-refractivity contribution >= 4 is 17.5 Å². The molecule has 0 spiro atoms. The van der Waals surface area contributed by atoms with Crippen molar-refractivity contribution in [3.63, 3.8) is 0 Å². The predicted octanol–water partition coefficient (Wildman–Crippen LogP) is 6.39. The van der Waals surface area contributed by atoms with E-state index in [0.29, 0.717) is 16.9 Å². The van der Waals surface area contributed by atoms with Crippen molar-refractivity contribution < 1.29 is 44.7 Å². The SMILES string of the molecule is Cc1c(C(=O)N[C@H](c2cn3ncc([C@H](NC(=O)CCC(F)(F)F)C4CC4)cc3n2)C2CCC(F)(F)CC2)cnn1CCC(F)(F)F. The highest BCUT2D eigenvalue weighted by Crippen LogP contribution is 2.43. The minimum Gasteiger partial charge on any atom is -0.349 e. The molecule has 2 aliphatic rings. The Balaban J connectivity index is 1.38. The number of nitrogens with zero attached hydrogens (tertiary/aromatic N) is 5. The van der Waals surface area contributed by atoms with Crippen LogP contribution in [0, 0.1) is 18.8 Å². The number of amides is 2. The van der Waals surface area contributed by atoms with Crippen LogP contribution in [0.2, 0.25) is 0 Å². The standard InChI is InChI=1S/C29H33F8N7O2/c1-16-20(14-39-43(16)11-10-29(35,36)37)26(46)42-25(18-4-7-27(30,31)8-5-18)21-15-44-22(40-21)12-19(13-38-44)24(17-2-3-17)41-23(45)6-9-28(32,33)34/h12-15,17-18,24-25H,2-11H2,1H3,(H,41,45)(H,42,46)/t24-,25+/m1/s1. The lowest BCUT2D eigenvalue weighted by Crippen LogP contribution is -2.37. The number of nitrogens with one attached hydrogen (secondary N) is 2. The second-order valence-electron chi connectivity index (χ2n) is 12.1. The van der Waals surface area contributed by atoms with Gasteiger partial charge >= 0.3 is 12.4 Å². The van der Waals surface area contributed by atoms with E-state index >= 15 is 0 Å². The highest BCUT2D eigenvalue weighted by atomic mass is 19.4. The van der Waals surface area contributed by atoms with E-state index in [1.165, 1.54) is 23.8 Å². The molecule has 3 aromatic heterocycles. The minimum absolute atomic E-state index is 0.0183. The smallest absolute Gasteiger partial charge is 0.349 e. The fourth-order valence-electron chi connectivity index (χ4n) is 5.81. The number of carbonyl (C=O) groups excluding carboxylic acids is 2. The van der Waals surface area contributed by atoms with Gasteiger partial charge in [-0.25, -0.2) is 18.3 Å². The number of aromatic nitrogens is 5. The zero-order valence-corrected chi connectivity index (χ0v) is 24.8. The van der Waals surface area contributed by atoms with Crippen LogP contribution in [0.15, 0.2) is 24.7 Å². The van der Waals surface area contributed by atoms with Crippen LogP contribution in [0.4, 0.5) is 35.1 Å². The molecule has 3 aromatic rings. The molecule has 2 amide bonds. The van der Waals surface area contributed by atoms with Crippen LogP contribution in [-0.4, -0.2) is 54.5 Å². The summed E-state index contributed by atoms with van der Waals surface area (Å²) in [7, 11) is 0. The van der Waals surface area contributed by atoms with Gasteiger partial charge in [-0.2, -0.15) is 36.5 Å². The van der Waals surface area contributed by atoms with Gasteiger partial charge in [0.1, 0.15) is 0 Å². The van der Waals surface area contributed by atoms with E-state index in [-0.39, 0.29) is 30.0 Å². The number of imidazole rings is 1. The van der Waals surface area contributed by atoms with E-state index in [4.69, 9.17) is 0 Å². The van der Waals surface area contributed by atoms with Gasteiger partial charge in [-0.3, -0.25) is 14.3 Å². The fourth-order valence-corrected chi connectivity index (χ4v) is 5.81. The summed E-state index contributed by atoms with van der Waals surface area (Å²) in [5.41, 5.74) is 1.39. The second kappa shape index (κ2) is 12.8. The molecule has 2 N–H and O–H groups in total. The molecule has 0 saturated heterocycles. The largest absolute Gasteiger partial charge is 0.390 e. The van der Waals surface area contributed by atoms with Crippen LogP contribution >= 0.6 is 0 Å². The zero-order chi connectivity index (χ0) is 33.4. The minimum atomic E-state index is -4.47. The van der Waals surface area contributed by atoms with Crippen molar-refractivity contribution in [2.45, 2.75) is 102 Å². The predicted molar refractivity (Wildman–Crippen MR) is 147 cm³/mol. The van der Waals surface area contributed by atoms with Crippen LogP contribution in [0.3, 0.4) is 0 Å². The molecule has 2 fully saturated rings. The lowest BCUT2D eigenvalue weighted by Gasteiger charge is -2.33. The molecule has 0 unspecified atom stereocenters. The normalized spacial score (nSPS) is 18.8. The van der Waals surface area contributed by atoms with Gasteiger partial charge in [0.15, 0.2) is 5.65 Å². The molecule has 5 rings (SSSR count). The van der Waals surface area contributed by atoms with Crippen molar-refractivity contribution in [3.8, 4) is 0 Å². The summed E-state index contributed by atoms with van der Waals surface area (Å²) < 4.78 is 107. The van der Waals surface area contributed by atoms with Gasteiger partial charge in [-0.15, -0.1) is 0 Å². The summed E-state index contributed by atoms with van der Waals surface area (Å²) in [6.45, 7) is 0.984. The third-order valence-electron chi connectivity index (χ3n) is 8.56. The van der Waals surface area contributed by atoms with Crippen LogP contribution in [0.25, 0.3) is 5.65 Å². The third-order valence-corrected chi connectivity index (χ3v) is 8.56. The first-order valence-electron chi connectivity index (χ1n) is 15.0. The number of alkyl halides is 8. The summed E-state index contributed by atoms with van der Waals surface area (Å²) in [4.78, 5) is 30.3. The van der Waals surface area contributed by atoms with E-state index in [2.05, 4.69) is 25.8 Å². The van der Waals surface area contributed by atoms with E-state index in [1.54, 1.807) is 6.07 Å². The molecule has 9 nitrogen and oxygen atoms in total. The van der Waals surface area contributed by atoms with E-state index in [9.17, 15) is 44.7 Å². The Morgan fingerprint density at radius 2 is 1.59 bits per heavy atom. The van der Waals surface area contributed by atoms with Crippen LogP contribution in [-0.2, 0) is 11.3 Å². The molecule has 0 radical (unpaired) electrons. The van der Waals surface area contributed by atoms with Crippen LogP contribution in [0.5, 0.6) is 0 Å². The topological polar surface area (TPSA) is 106 Å². The molecular formula is C29H33F8N7O2. The highest BCUT2D eigenvalue weighted by Gasteiger charge is 2.40. The maximum atomic E-state index is 14.0. The van der Waals surface area contributed by atoms with Crippen molar-refractivity contribution in [1.82, 2.24) is 35.0 Å². The van der Waals surface area contributed by atoms with Gasteiger partial charge in [-0.1, -0.05) is 0 Å². The quantitative estimate of drug-likeness (QED) is 0.231. The molecule has 17 heteroatoms. The van der Waals surface area contributed by atoms with Crippen molar-refractivity contribution in [1.29, 1.82) is 0 Å². The monoisotopic (exact) mass is 663 g/mol. The Labute approximate surface area is 258 Å². The highest BCUT2D eigenvalue weighted by molar-refractivity contribution is 5.95. The molecule has 3 heterocycles. The Morgan fingerprint density at radius 3 is 2.22 bits per heavy atom. The van der Waals surface area contributed by atoms with Gasteiger partial charge in [0, 0.05) is 31.5 Å². The molecule has 252 valence electrons. The fraction of sp³-hybridized carbons (Fsp3) is 0.621. The number of fused-ring (bicyclic) bond motifs is 1. The third kappa shape index (κ3) is 8.51. The number of rotatable bonds is 11. The Bertz CT molecular complexity index is 1550.